The maximum Gasteiger partial charge on any atom is 0.161 e. The molecule has 6 heteroatoms. The van der Waals surface area contributed by atoms with Gasteiger partial charge in [-0.3, -0.25) is 5.41 Å². The maximum atomic E-state index is 11.9. The van der Waals surface area contributed by atoms with Crippen LogP contribution < -0.4 is 4.90 Å². The summed E-state index contributed by atoms with van der Waals surface area (Å²) in [6.45, 7) is 4.12. The molecule has 2 unspecified atom stereocenters. The molecule has 1 aromatic carbocycles. The van der Waals surface area contributed by atoms with Crippen LogP contribution >= 0.6 is 11.8 Å². The van der Waals surface area contributed by atoms with Crippen LogP contribution in [0.25, 0.3) is 0 Å². The van der Waals surface area contributed by atoms with Crippen molar-refractivity contribution in [3.8, 4) is 0 Å². The van der Waals surface area contributed by atoms with E-state index in [-0.39, 0.29) is 22.8 Å². The third-order valence-electron chi connectivity index (χ3n) is 4.03. The molecule has 0 bridgehead atoms. The van der Waals surface area contributed by atoms with Crippen LogP contribution in [-0.4, -0.2) is 36.4 Å². The quantitative estimate of drug-likeness (QED) is 0.910. The zero-order chi connectivity index (χ0) is 14.5. The second-order valence-electron chi connectivity index (χ2n) is 5.41. The molecule has 0 radical (unpaired) electrons. The van der Waals surface area contributed by atoms with E-state index in [1.54, 1.807) is 0 Å². The number of thioether (sulfide) groups is 1. The van der Waals surface area contributed by atoms with Gasteiger partial charge in [-0.25, -0.2) is 8.42 Å². The van der Waals surface area contributed by atoms with Crippen LogP contribution in [0.4, 0.5) is 5.69 Å². The third kappa shape index (κ3) is 2.15. The van der Waals surface area contributed by atoms with Crippen LogP contribution in [0.5, 0.6) is 0 Å². The summed E-state index contributed by atoms with van der Waals surface area (Å²) in [6, 6.07) is 6.04. The minimum atomic E-state index is -2.96. The Hall–Kier alpha value is -1.01. The summed E-state index contributed by atoms with van der Waals surface area (Å²) >= 11 is 1.40. The number of hydrogen-bond donors (Lipinski definition) is 1. The molecular weight excluding hydrogens is 292 g/mol. The van der Waals surface area contributed by atoms with E-state index in [1.807, 2.05) is 24.0 Å². The monoisotopic (exact) mass is 310 g/mol. The predicted octanol–water partition coefficient (Wildman–Crippen LogP) is 2.21. The summed E-state index contributed by atoms with van der Waals surface area (Å²) in [5, 5.41) is 8.73. The highest BCUT2D eigenvalue weighted by Gasteiger charge is 2.49. The van der Waals surface area contributed by atoms with Crippen molar-refractivity contribution in [2.75, 3.05) is 16.4 Å². The summed E-state index contributed by atoms with van der Waals surface area (Å²) in [4.78, 5) is 1.95. The molecule has 0 aromatic heterocycles. The van der Waals surface area contributed by atoms with E-state index in [0.717, 1.165) is 17.7 Å². The highest BCUT2D eigenvalue weighted by molar-refractivity contribution is 8.15. The number of nitrogens with zero attached hydrogens (tertiary/aromatic N) is 1. The maximum absolute atomic E-state index is 11.9. The Morgan fingerprint density at radius 1 is 1.40 bits per heavy atom. The van der Waals surface area contributed by atoms with E-state index >= 15 is 0 Å². The Bertz CT molecular complexity index is 670. The first-order valence-electron chi connectivity index (χ1n) is 6.76. The molecule has 0 amide bonds. The van der Waals surface area contributed by atoms with Gasteiger partial charge < -0.3 is 4.90 Å². The van der Waals surface area contributed by atoms with Gasteiger partial charge in [0.25, 0.3) is 0 Å². The molecule has 0 aliphatic carbocycles. The molecule has 2 atom stereocenters. The van der Waals surface area contributed by atoms with Crippen LogP contribution in [0.3, 0.4) is 0 Å². The number of fused-ring (bicyclic) bond motifs is 1. The Morgan fingerprint density at radius 2 is 2.15 bits per heavy atom. The van der Waals surface area contributed by atoms with Gasteiger partial charge in [-0.05, 0) is 24.5 Å². The highest BCUT2D eigenvalue weighted by Crippen LogP contribution is 2.42. The molecule has 2 aliphatic rings. The van der Waals surface area contributed by atoms with Crippen molar-refractivity contribution in [3.63, 3.8) is 0 Å². The van der Waals surface area contributed by atoms with Crippen LogP contribution in [0.2, 0.25) is 0 Å². The van der Waals surface area contributed by atoms with Gasteiger partial charge in [0.05, 0.1) is 17.5 Å². The lowest BCUT2D eigenvalue weighted by Crippen LogP contribution is -2.38. The SMILES string of the molecule is CCc1cccc(C)c1N1C(=N)SC2CS(=O)(=O)CC21. The number of sulfone groups is 1. The Balaban J connectivity index is 2.08. The molecule has 4 nitrogen and oxygen atoms in total. The summed E-state index contributed by atoms with van der Waals surface area (Å²) in [5.74, 6) is 0.374. The zero-order valence-corrected chi connectivity index (χ0v) is 13.2. The number of rotatable bonds is 2. The lowest BCUT2D eigenvalue weighted by atomic mass is 10.0. The van der Waals surface area contributed by atoms with Crippen molar-refractivity contribution in [3.05, 3.63) is 29.3 Å². The highest BCUT2D eigenvalue weighted by atomic mass is 32.2. The summed E-state index contributed by atoms with van der Waals surface area (Å²) in [6.07, 6.45) is 0.885. The molecule has 3 rings (SSSR count). The van der Waals surface area contributed by atoms with Crippen molar-refractivity contribution < 1.29 is 8.42 Å². The number of aryl methyl sites for hydroxylation is 2. The van der Waals surface area contributed by atoms with Gasteiger partial charge in [-0.2, -0.15) is 0 Å². The molecular formula is C14H18N2O2S2. The molecule has 2 heterocycles. The summed E-state index contributed by atoms with van der Waals surface area (Å²) < 4.78 is 23.7. The van der Waals surface area contributed by atoms with Gasteiger partial charge in [-0.15, -0.1) is 0 Å². The lowest BCUT2D eigenvalue weighted by molar-refractivity contribution is 0.601. The van der Waals surface area contributed by atoms with Gasteiger partial charge in [0, 0.05) is 10.9 Å². The largest absolute Gasteiger partial charge is 0.316 e. The van der Waals surface area contributed by atoms with Crippen LogP contribution in [0.1, 0.15) is 18.1 Å². The lowest BCUT2D eigenvalue weighted by Gasteiger charge is -2.28. The number of nitrogens with one attached hydrogen (secondary N) is 1. The van der Waals surface area contributed by atoms with Crippen molar-refractivity contribution in [1.29, 1.82) is 5.41 Å². The van der Waals surface area contributed by atoms with E-state index in [0.29, 0.717) is 5.17 Å². The molecule has 0 spiro atoms. The fourth-order valence-electron chi connectivity index (χ4n) is 3.12. The van der Waals surface area contributed by atoms with Crippen LogP contribution in [-0.2, 0) is 16.3 Å². The number of benzene rings is 1. The second-order valence-corrected chi connectivity index (χ2v) is 8.79. The number of anilines is 1. The molecule has 0 saturated carbocycles. The molecule has 1 N–H and O–H groups in total. The van der Waals surface area contributed by atoms with Crippen molar-refractivity contribution >= 4 is 32.5 Å². The summed E-state index contributed by atoms with van der Waals surface area (Å²) in [7, 11) is -2.96. The van der Waals surface area contributed by atoms with E-state index in [2.05, 4.69) is 13.0 Å². The first-order valence-corrected chi connectivity index (χ1v) is 9.46. The normalized spacial score (nSPS) is 27.9. The van der Waals surface area contributed by atoms with Gasteiger partial charge in [0.2, 0.25) is 0 Å². The third-order valence-corrected chi connectivity index (χ3v) is 7.16. The Kier molecular flexibility index (Phi) is 3.33. The average molecular weight is 310 g/mol. The summed E-state index contributed by atoms with van der Waals surface area (Å²) in [5.41, 5.74) is 3.33. The first-order chi connectivity index (χ1) is 9.43. The molecule has 2 saturated heterocycles. The van der Waals surface area contributed by atoms with Gasteiger partial charge in [0.1, 0.15) is 0 Å². The topological polar surface area (TPSA) is 61.2 Å². The first kappa shape index (κ1) is 13.9. The fourth-order valence-corrected chi connectivity index (χ4v) is 6.90. The second kappa shape index (κ2) is 4.77. The predicted molar refractivity (Wildman–Crippen MR) is 84.6 cm³/mol. The Labute approximate surface area is 124 Å². The van der Waals surface area contributed by atoms with Crippen molar-refractivity contribution in [2.45, 2.75) is 31.6 Å². The minimum Gasteiger partial charge on any atom is -0.316 e. The number of amidine groups is 1. The molecule has 20 heavy (non-hydrogen) atoms. The molecule has 2 aliphatic heterocycles. The van der Waals surface area contributed by atoms with Gasteiger partial charge in [0.15, 0.2) is 15.0 Å². The number of para-hydroxylation sites is 1. The average Bonchev–Trinajstić information content (AvgIpc) is 2.80. The molecule has 2 fully saturated rings. The van der Waals surface area contributed by atoms with Crippen LogP contribution in [0.15, 0.2) is 18.2 Å². The van der Waals surface area contributed by atoms with Crippen molar-refractivity contribution in [1.82, 2.24) is 0 Å². The minimum absolute atomic E-state index is 0.0109. The van der Waals surface area contributed by atoms with E-state index in [4.69, 9.17) is 5.41 Å². The smallest absolute Gasteiger partial charge is 0.161 e. The van der Waals surface area contributed by atoms with E-state index in [9.17, 15) is 8.42 Å². The Morgan fingerprint density at radius 3 is 2.85 bits per heavy atom. The van der Waals surface area contributed by atoms with Gasteiger partial charge >= 0.3 is 0 Å². The number of hydrogen-bond acceptors (Lipinski definition) is 4. The fraction of sp³-hybridized carbons (Fsp3) is 0.500. The van der Waals surface area contributed by atoms with Crippen LogP contribution in [0, 0.1) is 12.3 Å². The van der Waals surface area contributed by atoms with Crippen molar-refractivity contribution in [2.24, 2.45) is 0 Å². The molecule has 108 valence electrons. The molecule has 1 aromatic rings. The van der Waals surface area contributed by atoms with E-state index < -0.39 is 9.84 Å². The van der Waals surface area contributed by atoms with E-state index in [1.165, 1.54) is 17.3 Å². The zero-order valence-electron chi connectivity index (χ0n) is 11.6. The standard InChI is InChI=1S/C14H18N2O2S2/c1-3-10-6-4-5-9(2)13(10)16-11-7-20(17,18)8-12(11)19-14(16)15/h4-6,11-12,15H,3,7-8H2,1-2H3. The van der Waals surface area contributed by atoms with Gasteiger partial charge in [-0.1, -0.05) is 36.9 Å².